The highest BCUT2D eigenvalue weighted by Gasteiger charge is 2.43. The lowest BCUT2D eigenvalue weighted by Gasteiger charge is -2.23. The van der Waals surface area contributed by atoms with Crippen LogP contribution in [-0.4, -0.2) is 24.7 Å². The highest BCUT2D eigenvalue weighted by molar-refractivity contribution is 5.73. The molecule has 2 aromatic rings. The first-order chi connectivity index (χ1) is 10.3. The van der Waals surface area contributed by atoms with Crippen LogP contribution in [0.4, 0.5) is 0 Å². The lowest BCUT2D eigenvalue weighted by molar-refractivity contribution is -0.147. The molecule has 0 radical (unpaired) electrons. The van der Waals surface area contributed by atoms with Crippen LogP contribution in [0.15, 0.2) is 53.1 Å². The maximum Gasteiger partial charge on any atom is 0.313 e. The Balaban J connectivity index is 1.84. The molecule has 1 aromatic carbocycles. The van der Waals surface area contributed by atoms with Crippen molar-refractivity contribution in [2.45, 2.75) is 12.6 Å². The summed E-state index contributed by atoms with van der Waals surface area (Å²) in [6, 6.07) is 13.4. The Labute approximate surface area is 123 Å². The number of methoxy groups -OCH3 is 1. The van der Waals surface area contributed by atoms with Crippen LogP contribution in [0.1, 0.15) is 17.4 Å². The molecule has 2 atom stereocenters. The van der Waals surface area contributed by atoms with Crippen LogP contribution in [-0.2, 0) is 20.9 Å². The van der Waals surface area contributed by atoms with Gasteiger partial charge in [-0.25, -0.2) is 0 Å². The summed E-state index contributed by atoms with van der Waals surface area (Å²) in [4.78, 5) is 17.6. The van der Waals surface area contributed by atoms with Gasteiger partial charge in [0.15, 0.2) is 0 Å². The first-order valence-electron chi connectivity index (χ1n) is 6.84. The molecule has 2 heterocycles. The molecule has 1 fully saturated rings. The van der Waals surface area contributed by atoms with Gasteiger partial charge >= 0.3 is 5.97 Å². The molecule has 1 saturated heterocycles. The standard InChI is InChI=1S/C16H17NO4/c1-19-16(18)13-11-21-17(10-12-6-3-2-4-7-12)15(13)14-8-5-9-20-14/h2-9,13,15H,10-11H2,1H3/t13-,15-/m1/s1. The van der Waals surface area contributed by atoms with Gasteiger partial charge in [-0.15, -0.1) is 0 Å². The molecular weight excluding hydrogens is 270 g/mol. The summed E-state index contributed by atoms with van der Waals surface area (Å²) in [5.41, 5.74) is 1.11. The molecule has 21 heavy (non-hydrogen) atoms. The predicted molar refractivity (Wildman–Crippen MR) is 74.9 cm³/mol. The van der Waals surface area contributed by atoms with Crippen LogP contribution in [0.3, 0.4) is 0 Å². The summed E-state index contributed by atoms with van der Waals surface area (Å²) < 4.78 is 10.4. The minimum atomic E-state index is -0.384. The summed E-state index contributed by atoms with van der Waals surface area (Å²) in [6.45, 7) is 0.880. The molecule has 3 rings (SSSR count). The van der Waals surface area contributed by atoms with E-state index in [1.165, 1.54) is 7.11 Å². The van der Waals surface area contributed by atoms with Crippen LogP contribution in [0.5, 0.6) is 0 Å². The summed E-state index contributed by atoms with van der Waals surface area (Å²) in [7, 11) is 1.39. The van der Waals surface area contributed by atoms with E-state index in [0.29, 0.717) is 18.9 Å². The molecule has 0 N–H and O–H groups in total. The van der Waals surface area contributed by atoms with Gasteiger partial charge in [-0.05, 0) is 17.7 Å². The van der Waals surface area contributed by atoms with Crippen molar-refractivity contribution in [2.24, 2.45) is 5.92 Å². The monoisotopic (exact) mass is 287 g/mol. The SMILES string of the molecule is COC(=O)[C@@H]1CON(Cc2ccccc2)[C@H]1c1ccco1. The number of carbonyl (C=O) groups is 1. The fourth-order valence-electron chi connectivity index (χ4n) is 2.60. The van der Waals surface area contributed by atoms with Gasteiger partial charge in [0, 0.05) is 6.54 Å². The number of rotatable bonds is 4. The van der Waals surface area contributed by atoms with Crippen molar-refractivity contribution < 1.29 is 18.8 Å². The van der Waals surface area contributed by atoms with Crippen molar-refractivity contribution in [2.75, 3.05) is 13.7 Å². The van der Waals surface area contributed by atoms with Gasteiger partial charge in [-0.3, -0.25) is 9.63 Å². The van der Waals surface area contributed by atoms with E-state index in [0.717, 1.165) is 5.56 Å². The lowest BCUT2D eigenvalue weighted by Crippen LogP contribution is -2.28. The van der Waals surface area contributed by atoms with Crippen molar-refractivity contribution >= 4 is 5.97 Å². The normalized spacial score (nSPS) is 22.3. The number of benzene rings is 1. The van der Waals surface area contributed by atoms with Crippen LogP contribution in [0.2, 0.25) is 0 Å². The van der Waals surface area contributed by atoms with Gasteiger partial charge in [-0.1, -0.05) is 30.3 Å². The van der Waals surface area contributed by atoms with Crippen LogP contribution in [0.25, 0.3) is 0 Å². The van der Waals surface area contributed by atoms with E-state index in [9.17, 15) is 4.79 Å². The molecule has 1 aliphatic heterocycles. The van der Waals surface area contributed by atoms with E-state index in [4.69, 9.17) is 14.0 Å². The Morgan fingerprint density at radius 2 is 2.10 bits per heavy atom. The smallest absolute Gasteiger partial charge is 0.313 e. The lowest BCUT2D eigenvalue weighted by atomic mass is 9.99. The van der Waals surface area contributed by atoms with Gasteiger partial charge in [-0.2, -0.15) is 5.06 Å². The second kappa shape index (κ2) is 6.11. The molecular formula is C16H17NO4. The second-order valence-electron chi connectivity index (χ2n) is 4.95. The molecule has 0 bridgehead atoms. The number of esters is 1. The Hall–Kier alpha value is -2.11. The largest absolute Gasteiger partial charge is 0.469 e. The Kier molecular flexibility index (Phi) is 4.03. The van der Waals surface area contributed by atoms with Crippen molar-refractivity contribution in [1.29, 1.82) is 0 Å². The topological polar surface area (TPSA) is 51.9 Å². The first-order valence-corrected chi connectivity index (χ1v) is 6.84. The average molecular weight is 287 g/mol. The number of hydrogen-bond donors (Lipinski definition) is 0. The average Bonchev–Trinajstić information content (AvgIpc) is 3.16. The number of carbonyl (C=O) groups excluding carboxylic acids is 1. The predicted octanol–water partition coefficient (Wildman–Crippen LogP) is 2.56. The maximum absolute atomic E-state index is 11.9. The number of hydroxylamine groups is 2. The summed E-state index contributed by atoms with van der Waals surface area (Å²) in [5, 5.41) is 1.79. The van der Waals surface area contributed by atoms with Crippen molar-refractivity contribution in [1.82, 2.24) is 5.06 Å². The third-order valence-corrected chi connectivity index (χ3v) is 3.63. The fraction of sp³-hybridized carbons (Fsp3) is 0.312. The zero-order chi connectivity index (χ0) is 14.7. The Bertz CT molecular complexity index is 582. The highest BCUT2D eigenvalue weighted by atomic mass is 16.7. The van der Waals surface area contributed by atoms with Gasteiger partial charge in [0.05, 0.1) is 20.0 Å². The molecule has 1 aromatic heterocycles. The van der Waals surface area contributed by atoms with Crippen LogP contribution in [0, 0.1) is 5.92 Å². The van der Waals surface area contributed by atoms with Gasteiger partial charge in [0.1, 0.15) is 17.7 Å². The third-order valence-electron chi connectivity index (χ3n) is 3.63. The van der Waals surface area contributed by atoms with E-state index in [-0.39, 0.29) is 17.9 Å². The zero-order valence-electron chi connectivity index (χ0n) is 11.8. The van der Waals surface area contributed by atoms with Gasteiger partial charge < -0.3 is 9.15 Å². The number of furan rings is 1. The van der Waals surface area contributed by atoms with E-state index in [2.05, 4.69) is 0 Å². The highest BCUT2D eigenvalue weighted by Crippen LogP contribution is 2.37. The molecule has 110 valence electrons. The van der Waals surface area contributed by atoms with E-state index >= 15 is 0 Å². The molecule has 5 nitrogen and oxygen atoms in total. The van der Waals surface area contributed by atoms with Crippen LogP contribution < -0.4 is 0 Å². The fourth-order valence-corrected chi connectivity index (χ4v) is 2.60. The zero-order valence-corrected chi connectivity index (χ0v) is 11.8. The Morgan fingerprint density at radius 3 is 2.76 bits per heavy atom. The first kappa shape index (κ1) is 13.9. The number of nitrogens with zero attached hydrogens (tertiary/aromatic N) is 1. The molecule has 5 heteroatoms. The quantitative estimate of drug-likeness (QED) is 0.809. The maximum atomic E-state index is 11.9. The molecule has 0 unspecified atom stereocenters. The van der Waals surface area contributed by atoms with Crippen LogP contribution >= 0.6 is 0 Å². The van der Waals surface area contributed by atoms with E-state index in [1.807, 2.05) is 42.5 Å². The molecule has 0 aliphatic carbocycles. The van der Waals surface area contributed by atoms with Crippen molar-refractivity contribution in [3.05, 3.63) is 60.1 Å². The van der Waals surface area contributed by atoms with E-state index in [1.54, 1.807) is 11.3 Å². The summed E-state index contributed by atoms with van der Waals surface area (Å²) >= 11 is 0. The van der Waals surface area contributed by atoms with E-state index < -0.39 is 0 Å². The number of hydrogen-bond acceptors (Lipinski definition) is 5. The number of ether oxygens (including phenoxy) is 1. The molecule has 1 aliphatic rings. The molecule has 0 saturated carbocycles. The van der Waals surface area contributed by atoms with Gasteiger partial charge in [0.2, 0.25) is 0 Å². The third kappa shape index (κ3) is 2.84. The minimum absolute atomic E-state index is 0.271. The van der Waals surface area contributed by atoms with Crippen molar-refractivity contribution in [3.8, 4) is 0 Å². The van der Waals surface area contributed by atoms with Crippen molar-refractivity contribution in [3.63, 3.8) is 0 Å². The molecule has 0 spiro atoms. The summed E-state index contributed by atoms with van der Waals surface area (Å²) in [5.74, 6) is 0.0376. The Morgan fingerprint density at radius 1 is 1.29 bits per heavy atom. The second-order valence-corrected chi connectivity index (χ2v) is 4.95. The van der Waals surface area contributed by atoms with Gasteiger partial charge in [0.25, 0.3) is 0 Å². The summed E-state index contributed by atoms with van der Waals surface area (Å²) in [6.07, 6.45) is 1.60. The minimum Gasteiger partial charge on any atom is -0.469 e. The molecule has 0 amide bonds.